The Kier molecular flexibility index (Phi) is 5.39. The summed E-state index contributed by atoms with van der Waals surface area (Å²) in [7, 11) is 3.33. The monoisotopic (exact) mass is 383 g/mol. The number of fused-ring (bicyclic) bond motifs is 1. The minimum Gasteiger partial charge on any atom is -0.496 e. The number of nitrogens with zero attached hydrogens (tertiary/aromatic N) is 1. The first-order chi connectivity index (χ1) is 13.7. The number of hydrogen-bond donors (Lipinski definition) is 0. The number of ether oxygens (including phenoxy) is 4. The van der Waals surface area contributed by atoms with E-state index in [9.17, 15) is 4.79 Å². The van der Waals surface area contributed by atoms with Gasteiger partial charge in [-0.15, -0.1) is 0 Å². The molecule has 0 aliphatic carbocycles. The van der Waals surface area contributed by atoms with Gasteiger partial charge >= 0.3 is 0 Å². The van der Waals surface area contributed by atoms with Crippen LogP contribution in [0, 0.1) is 0 Å². The number of hydrogen-bond acceptors (Lipinski definition) is 6. The van der Waals surface area contributed by atoms with Crippen LogP contribution < -0.4 is 18.9 Å². The molecule has 0 N–H and O–H groups in total. The third-order valence-electron chi connectivity index (χ3n) is 5.56. The Morgan fingerprint density at radius 3 is 2.54 bits per heavy atom. The van der Waals surface area contributed by atoms with Gasteiger partial charge in [-0.05, 0) is 49.1 Å². The molecule has 4 rings (SSSR count). The molecule has 1 fully saturated rings. The predicted octanol–water partition coefficient (Wildman–Crippen LogP) is 3.73. The molecule has 0 aromatic heterocycles. The second-order valence-corrected chi connectivity index (χ2v) is 7.09. The van der Waals surface area contributed by atoms with Crippen LogP contribution >= 0.6 is 0 Å². The summed E-state index contributed by atoms with van der Waals surface area (Å²) in [6.45, 7) is 0.881. The first kappa shape index (κ1) is 18.6. The van der Waals surface area contributed by atoms with Crippen molar-refractivity contribution >= 4 is 6.29 Å². The largest absolute Gasteiger partial charge is 0.496 e. The lowest BCUT2D eigenvalue weighted by Crippen LogP contribution is -2.42. The smallest absolute Gasteiger partial charge is 0.231 e. The molecule has 0 spiro atoms. The molecular weight excluding hydrogens is 358 g/mol. The lowest BCUT2D eigenvalue weighted by molar-refractivity contribution is -0.115. The number of carbonyl (C=O) groups excluding carboxylic acids is 1. The summed E-state index contributed by atoms with van der Waals surface area (Å²) in [6.07, 6.45) is 3.82. The van der Waals surface area contributed by atoms with Crippen molar-refractivity contribution < 1.29 is 23.7 Å². The Hall–Kier alpha value is -2.73. The average molecular weight is 383 g/mol. The molecule has 28 heavy (non-hydrogen) atoms. The van der Waals surface area contributed by atoms with Gasteiger partial charge in [0.15, 0.2) is 11.5 Å². The number of methoxy groups -OCH3 is 2. The SMILES string of the molecule is COc1cccc(OC)c1C1CCCC(C=O)N1Cc1ccc2c(c1)OCO2. The number of aldehydes is 1. The zero-order valence-electron chi connectivity index (χ0n) is 16.2. The standard InChI is InChI=1S/C22H25NO5/c1-25-19-7-4-8-20(26-2)22(19)17-6-3-5-16(13-24)23(17)12-15-9-10-18-21(11-15)28-14-27-18/h4,7-11,13,16-17H,3,5-6,12,14H2,1-2H3. The third kappa shape index (κ3) is 3.40. The average Bonchev–Trinajstić information content (AvgIpc) is 3.21. The minimum atomic E-state index is -0.154. The van der Waals surface area contributed by atoms with Crippen LogP contribution in [0.1, 0.15) is 36.4 Å². The van der Waals surface area contributed by atoms with Crippen molar-refractivity contribution in [2.45, 2.75) is 37.9 Å². The van der Waals surface area contributed by atoms with Gasteiger partial charge in [0.25, 0.3) is 0 Å². The molecule has 148 valence electrons. The molecule has 2 aromatic carbocycles. The highest BCUT2D eigenvalue weighted by Crippen LogP contribution is 2.44. The number of rotatable bonds is 6. The molecule has 2 aromatic rings. The maximum Gasteiger partial charge on any atom is 0.231 e. The Labute approximate surface area is 165 Å². The quantitative estimate of drug-likeness (QED) is 0.709. The fraction of sp³-hybridized carbons (Fsp3) is 0.409. The normalized spacial score (nSPS) is 21.4. The minimum absolute atomic E-state index is 0.0282. The molecule has 2 unspecified atom stereocenters. The summed E-state index contributed by atoms with van der Waals surface area (Å²) in [5.41, 5.74) is 2.08. The van der Waals surface area contributed by atoms with Gasteiger partial charge in [0.05, 0.1) is 25.8 Å². The van der Waals surface area contributed by atoms with E-state index in [4.69, 9.17) is 18.9 Å². The van der Waals surface area contributed by atoms with Crippen molar-refractivity contribution in [2.75, 3.05) is 21.0 Å². The molecule has 0 radical (unpaired) electrons. The Bertz CT molecular complexity index is 831. The van der Waals surface area contributed by atoms with Gasteiger partial charge in [-0.25, -0.2) is 0 Å². The van der Waals surface area contributed by atoms with Crippen LogP contribution in [0.3, 0.4) is 0 Å². The van der Waals surface area contributed by atoms with Crippen LogP contribution in [0.4, 0.5) is 0 Å². The van der Waals surface area contributed by atoms with E-state index in [-0.39, 0.29) is 18.9 Å². The second-order valence-electron chi connectivity index (χ2n) is 7.09. The maximum absolute atomic E-state index is 11.9. The zero-order chi connectivity index (χ0) is 19.5. The highest BCUT2D eigenvalue weighted by Gasteiger charge is 2.35. The molecule has 2 aliphatic rings. The summed E-state index contributed by atoms with van der Waals surface area (Å²) in [6, 6.07) is 11.6. The molecule has 2 aliphatic heterocycles. The third-order valence-corrected chi connectivity index (χ3v) is 5.56. The fourth-order valence-electron chi connectivity index (χ4n) is 4.23. The van der Waals surface area contributed by atoms with Crippen molar-refractivity contribution in [2.24, 2.45) is 0 Å². The Morgan fingerprint density at radius 1 is 1.07 bits per heavy atom. The van der Waals surface area contributed by atoms with E-state index in [2.05, 4.69) is 4.90 Å². The predicted molar refractivity (Wildman–Crippen MR) is 104 cm³/mol. The molecule has 0 bridgehead atoms. The highest BCUT2D eigenvalue weighted by atomic mass is 16.7. The molecule has 1 saturated heterocycles. The summed E-state index contributed by atoms with van der Waals surface area (Å²) in [4.78, 5) is 14.1. The van der Waals surface area contributed by atoms with E-state index >= 15 is 0 Å². The zero-order valence-corrected chi connectivity index (χ0v) is 16.2. The molecule has 6 nitrogen and oxygen atoms in total. The lowest BCUT2D eigenvalue weighted by atomic mass is 9.89. The van der Waals surface area contributed by atoms with E-state index < -0.39 is 0 Å². The number of piperidine rings is 1. The highest BCUT2D eigenvalue weighted by molar-refractivity contribution is 5.59. The van der Waals surface area contributed by atoms with Gasteiger partial charge in [0.1, 0.15) is 17.8 Å². The lowest BCUT2D eigenvalue weighted by Gasteiger charge is -2.41. The van der Waals surface area contributed by atoms with Gasteiger partial charge in [-0.2, -0.15) is 0 Å². The van der Waals surface area contributed by atoms with Crippen LogP contribution in [0.15, 0.2) is 36.4 Å². The number of benzene rings is 2. The van der Waals surface area contributed by atoms with Crippen molar-refractivity contribution in [3.63, 3.8) is 0 Å². The van der Waals surface area contributed by atoms with Gasteiger partial charge in [-0.3, -0.25) is 4.90 Å². The van der Waals surface area contributed by atoms with Crippen molar-refractivity contribution in [1.29, 1.82) is 0 Å². The van der Waals surface area contributed by atoms with Gasteiger partial charge < -0.3 is 23.7 Å². The summed E-state index contributed by atoms with van der Waals surface area (Å²) >= 11 is 0. The maximum atomic E-state index is 11.9. The van der Waals surface area contributed by atoms with E-state index in [0.29, 0.717) is 6.54 Å². The van der Waals surface area contributed by atoms with Gasteiger partial charge in [-0.1, -0.05) is 12.1 Å². The fourth-order valence-corrected chi connectivity index (χ4v) is 4.23. The summed E-state index contributed by atoms with van der Waals surface area (Å²) in [5.74, 6) is 3.08. The van der Waals surface area contributed by atoms with Crippen LogP contribution in [-0.2, 0) is 11.3 Å². The first-order valence-electron chi connectivity index (χ1n) is 9.55. The Balaban J connectivity index is 1.71. The van der Waals surface area contributed by atoms with Crippen molar-refractivity contribution in [1.82, 2.24) is 4.90 Å². The van der Waals surface area contributed by atoms with Crippen LogP contribution in [0.25, 0.3) is 0 Å². The van der Waals surface area contributed by atoms with Crippen molar-refractivity contribution in [3.8, 4) is 23.0 Å². The van der Waals surface area contributed by atoms with Crippen LogP contribution in [-0.4, -0.2) is 38.2 Å². The molecular formula is C22H25NO5. The molecule has 2 heterocycles. The molecule has 2 atom stereocenters. The molecule has 6 heteroatoms. The number of likely N-dealkylation sites (tertiary alicyclic amines) is 1. The summed E-state index contributed by atoms with van der Waals surface area (Å²) < 4.78 is 22.2. The van der Waals surface area contributed by atoms with Crippen molar-refractivity contribution in [3.05, 3.63) is 47.5 Å². The van der Waals surface area contributed by atoms with Crippen LogP contribution in [0.2, 0.25) is 0 Å². The summed E-state index contributed by atoms with van der Waals surface area (Å²) in [5, 5.41) is 0. The van der Waals surface area contributed by atoms with Gasteiger partial charge in [0.2, 0.25) is 6.79 Å². The van der Waals surface area contributed by atoms with Gasteiger partial charge in [0, 0.05) is 12.6 Å². The van der Waals surface area contributed by atoms with E-state index in [1.807, 2.05) is 36.4 Å². The molecule has 0 saturated carbocycles. The van der Waals surface area contributed by atoms with E-state index in [0.717, 1.165) is 59.7 Å². The van der Waals surface area contributed by atoms with E-state index in [1.54, 1.807) is 14.2 Å². The topological polar surface area (TPSA) is 57.2 Å². The molecule has 0 amide bonds. The second kappa shape index (κ2) is 8.10. The van der Waals surface area contributed by atoms with E-state index in [1.165, 1.54) is 0 Å². The number of carbonyl (C=O) groups is 1. The first-order valence-corrected chi connectivity index (χ1v) is 9.55. The van der Waals surface area contributed by atoms with Crippen LogP contribution in [0.5, 0.6) is 23.0 Å². The Morgan fingerprint density at radius 2 is 1.82 bits per heavy atom.